The van der Waals surface area contributed by atoms with Gasteiger partial charge in [0.15, 0.2) is 11.5 Å². The van der Waals surface area contributed by atoms with Crippen LogP contribution >= 0.6 is 0 Å². The van der Waals surface area contributed by atoms with Crippen LogP contribution in [0.1, 0.15) is 41.6 Å². The molecule has 2 aromatic carbocycles. The molecule has 0 spiro atoms. The maximum absolute atomic E-state index is 12.4. The van der Waals surface area contributed by atoms with Gasteiger partial charge >= 0.3 is 0 Å². The first-order chi connectivity index (χ1) is 12.5. The molecule has 0 unspecified atom stereocenters. The number of carbonyl (C=O) groups excluding carboxylic acids is 1. The van der Waals surface area contributed by atoms with Crippen molar-refractivity contribution in [2.75, 3.05) is 14.2 Å². The second-order valence-corrected chi connectivity index (χ2v) is 6.28. The Kier molecular flexibility index (Phi) is 6.84. The largest absolute Gasteiger partial charge is 0.493 e. The zero-order valence-electron chi connectivity index (χ0n) is 16.1. The fraction of sp³-hybridized carbons (Fsp3) is 0.318. The molecule has 0 bridgehead atoms. The lowest BCUT2D eigenvalue weighted by Crippen LogP contribution is -2.26. The van der Waals surface area contributed by atoms with Crippen molar-refractivity contribution in [2.45, 2.75) is 33.2 Å². The molecule has 0 saturated heterocycles. The van der Waals surface area contributed by atoms with E-state index in [1.165, 1.54) is 11.1 Å². The van der Waals surface area contributed by atoms with Crippen LogP contribution in [0.5, 0.6) is 11.5 Å². The van der Waals surface area contributed by atoms with Crippen LogP contribution in [-0.4, -0.2) is 20.1 Å². The van der Waals surface area contributed by atoms with Gasteiger partial charge in [0, 0.05) is 6.08 Å². The maximum atomic E-state index is 12.4. The summed E-state index contributed by atoms with van der Waals surface area (Å²) >= 11 is 0. The highest BCUT2D eigenvalue weighted by Crippen LogP contribution is 2.28. The number of aryl methyl sites for hydroxylation is 2. The summed E-state index contributed by atoms with van der Waals surface area (Å²) in [6.07, 6.45) is 4.15. The molecule has 2 aromatic rings. The van der Waals surface area contributed by atoms with Crippen LogP contribution in [0, 0.1) is 13.8 Å². The van der Waals surface area contributed by atoms with Gasteiger partial charge in [0.05, 0.1) is 20.3 Å². The first-order valence-electron chi connectivity index (χ1n) is 8.76. The Morgan fingerprint density at radius 2 is 1.81 bits per heavy atom. The van der Waals surface area contributed by atoms with E-state index in [-0.39, 0.29) is 11.9 Å². The van der Waals surface area contributed by atoms with Gasteiger partial charge in [-0.05, 0) is 55.2 Å². The molecule has 0 aliphatic carbocycles. The molecule has 0 heterocycles. The molecule has 1 atom stereocenters. The van der Waals surface area contributed by atoms with Gasteiger partial charge in [-0.25, -0.2) is 0 Å². The molecule has 0 saturated carbocycles. The lowest BCUT2D eigenvalue weighted by Gasteiger charge is -2.19. The van der Waals surface area contributed by atoms with E-state index in [0.29, 0.717) is 11.5 Å². The zero-order valence-corrected chi connectivity index (χ0v) is 16.1. The minimum atomic E-state index is -0.119. The summed E-state index contributed by atoms with van der Waals surface area (Å²) in [5, 5.41) is 3.08. The summed E-state index contributed by atoms with van der Waals surface area (Å²) in [4.78, 5) is 12.4. The summed E-state index contributed by atoms with van der Waals surface area (Å²) in [7, 11) is 3.19. The molecule has 138 valence electrons. The van der Waals surface area contributed by atoms with E-state index in [4.69, 9.17) is 9.47 Å². The smallest absolute Gasteiger partial charge is 0.244 e. The van der Waals surface area contributed by atoms with Crippen molar-refractivity contribution in [3.63, 3.8) is 0 Å². The molecule has 0 aromatic heterocycles. The zero-order chi connectivity index (χ0) is 19.1. The maximum Gasteiger partial charge on any atom is 0.244 e. The molecule has 26 heavy (non-hydrogen) atoms. The van der Waals surface area contributed by atoms with E-state index in [1.54, 1.807) is 26.4 Å². The van der Waals surface area contributed by atoms with E-state index in [0.717, 1.165) is 17.5 Å². The minimum absolute atomic E-state index is 0.00171. The summed E-state index contributed by atoms with van der Waals surface area (Å²) in [5.74, 6) is 1.18. The summed E-state index contributed by atoms with van der Waals surface area (Å²) in [5.41, 5.74) is 4.45. The van der Waals surface area contributed by atoms with Crippen LogP contribution in [0.25, 0.3) is 6.08 Å². The average molecular weight is 353 g/mol. The number of ether oxygens (including phenoxy) is 2. The van der Waals surface area contributed by atoms with Crippen molar-refractivity contribution in [3.8, 4) is 11.5 Å². The number of hydrogen-bond donors (Lipinski definition) is 1. The SMILES string of the molecule is CC[C@H](NC(=O)/C=C/c1ccc(OC)c(OC)c1)c1ccc(C)cc1C. The van der Waals surface area contributed by atoms with Crippen molar-refractivity contribution in [1.29, 1.82) is 0 Å². The van der Waals surface area contributed by atoms with E-state index < -0.39 is 0 Å². The van der Waals surface area contributed by atoms with Gasteiger partial charge in [0.1, 0.15) is 0 Å². The van der Waals surface area contributed by atoms with Gasteiger partial charge in [-0.1, -0.05) is 36.8 Å². The van der Waals surface area contributed by atoms with E-state index in [1.807, 2.05) is 18.2 Å². The number of nitrogens with one attached hydrogen (secondary N) is 1. The van der Waals surface area contributed by atoms with E-state index >= 15 is 0 Å². The number of hydrogen-bond acceptors (Lipinski definition) is 3. The third-order valence-electron chi connectivity index (χ3n) is 4.36. The topological polar surface area (TPSA) is 47.6 Å². The van der Waals surface area contributed by atoms with Crippen molar-refractivity contribution in [1.82, 2.24) is 5.32 Å². The molecule has 4 nitrogen and oxygen atoms in total. The summed E-state index contributed by atoms with van der Waals surface area (Å²) in [6, 6.07) is 11.9. The third-order valence-corrected chi connectivity index (χ3v) is 4.36. The minimum Gasteiger partial charge on any atom is -0.493 e. The lowest BCUT2D eigenvalue weighted by molar-refractivity contribution is -0.117. The Labute approximate surface area is 155 Å². The van der Waals surface area contributed by atoms with Gasteiger partial charge in [0.2, 0.25) is 5.91 Å². The molecule has 4 heteroatoms. The molecular weight excluding hydrogens is 326 g/mol. The Balaban J connectivity index is 2.10. The third kappa shape index (κ3) is 4.88. The monoisotopic (exact) mass is 353 g/mol. The standard InChI is InChI=1S/C22H27NO3/c1-6-19(18-10-7-15(2)13-16(18)3)23-22(24)12-9-17-8-11-20(25-4)21(14-17)26-5/h7-14,19H,6H2,1-5H3,(H,23,24)/b12-9+/t19-/m0/s1. The molecular formula is C22H27NO3. The molecule has 1 N–H and O–H groups in total. The molecule has 2 rings (SSSR count). The Morgan fingerprint density at radius 3 is 2.42 bits per heavy atom. The predicted molar refractivity (Wildman–Crippen MR) is 106 cm³/mol. The van der Waals surface area contributed by atoms with Crippen molar-refractivity contribution < 1.29 is 14.3 Å². The van der Waals surface area contributed by atoms with Crippen molar-refractivity contribution in [2.24, 2.45) is 0 Å². The van der Waals surface area contributed by atoms with Crippen LogP contribution in [-0.2, 0) is 4.79 Å². The molecule has 0 aliphatic rings. The van der Waals surface area contributed by atoms with Crippen LogP contribution in [0.4, 0.5) is 0 Å². The highest BCUT2D eigenvalue weighted by molar-refractivity contribution is 5.92. The quantitative estimate of drug-likeness (QED) is 0.740. The number of rotatable bonds is 7. The summed E-state index contributed by atoms with van der Waals surface area (Å²) in [6.45, 7) is 6.22. The predicted octanol–water partition coefficient (Wildman–Crippen LogP) is 4.60. The Bertz CT molecular complexity index is 796. The molecule has 0 fully saturated rings. The van der Waals surface area contributed by atoms with Gasteiger partial charge in [0.25, 0.3) is 0 Å². The second-order valence-electron chi connectivity index (χ2n) is 6.28. The number of carbonyl (C=O) groups is 1. The van der Waals surface area contributed by atoms with Crippen LogP contribution in [0.2, 0.25) is 0 Å². The first kappa shape index (κ1) is 19.6. The normalized spacial score (nSPS) is 12.0. The van der Waals surface area contributed by atoms with E-state index in [9.17, 15) is 4.79 Å². The fourth-order valence-corrected chi connectivity index (χ4v) is 2.96. The van der Waals surface area contributed by atoms with Gasteiger partial charge < -0.3 is 14.8 Å². The van der Waals surface area contributed by atoms with E-state index in [2.05, 4.69) is 44.3 Å². The average Bonchev–Trinajstić information content (AvgIpc) is 2.64. The van der Waals surface area contributed by atoms with Crippen LogP contribution in [0.3, 0.4) is 0 Å². The first-order valence-corrected chi connectivity index (χ1v) is 8.76. The molecule has 0 radical (unpaired) electrons. The highest BCUT2D eigenvalue weighted by atomic mass is 16.5. The van der Waals surface area contributed by atoms with Crippen molar-refractivity contribution in [3.05, 3.63) is 64.7 Å². The van der Waals surface area contributed by atoms with Gasteiger partial charge in [-0.3, -0.25) is 4.79 Å². The molecule has 1 amide bonds. The number of methoxy groups -OCH3 is 2. The van der Waals surface area contributed by atoms with Gasteiger partial charge in [-0.2, -0.15) is 0 Å². The van der Waals surface area contributed by atoms with Crippen molar-refractivity contribution >= 4 is 12.0 Å². The Hall–Kier alpha value is -2.75. The Morgan fingerprint density at radius 1 is 1.08 bits per heavy atom. The van der Waals surface area contributed by atoms with Crippen LogP contribution in [0.15, 0.2) is 42.5 Å². The number of amides is 1. The lowest BCUT2D eigenvalue weighted by atomic mass is 9.97. The molecule has 0 aliphatic heterocycles. The second kappa shape index (κ2) is 9.09. The summed E-state index contributed by atoms with van der Waals surface area (Å²) < 4.78 is 10.5. The van der Waals surface area contributed by atoms with Crippen LogP contribution < -0.4 is 14.8 Å². The fourth-order valence-electron chi connectivity index (χ4n) is 2.96. The number of benzene rings is 2. The highest BCUT2D eigenvalue weighted by Gasteiger charge is 2.13. The van der Waals surface area contributed by atoms with Gasteiger partial charge in [-0.15, -0.1) is 0 Å².